The molecule has 0 aromatic carbocycles. The number of aliphatic carboxylic acids is 3. The van der Waals surface area contributed by atoms with Crippen LogP contribution >= 0.6 is 0 Å². The standard InChI is InChI=1S/C21H28O8/c1-11(17(22)23)8-9-29-20(28)13(3)15(10-12(2)18(24)25)16(21(5,6)7)14(4)19(26)27/h8,10H,9H2,1-7H3,(H,22,23)(H,24,25)(H,26,27). The molecule has 0 heterocycles. The van der Waals surface area contributed by atoms with Gasteiger partial charge >= 0.3 is 23.9 Å². The smallest absolute Gasteiger partial charge is 0.334 e. The zero-order valence-corrected chi connectivity index (χ0v) is 17.7. The summed E-state index contributed by atoms with van der Waals surface area (Å²) in [5, 5.41) is 27.5. The van der Waals surface area contributed by atoms with Crippen molar-refractivity contribution in [2.75, 3.05) is 6.61 Å². The zero-order valence-electron chi connectivity index (χ0n) is 17.7. The van der Waals surface area contributed by atoms with Crippen molar-refractivity contribution in [1.29, 1.82) is 0 Å². The first-order valence-corrected chi connectivity index (χ1v) is 8.75. The molecule has 0 saturated carbocycles. The summed E-state index contributed by atoms with van der Waals surface area (Å²) < 4.78 is 5.07. The molecule has 0 radical (unpaired) electrons. The predicted octanol–water partition coefficient (Wildman–Crippen LogP) is 3.36. The Morgan fingerprint density at radius 3 is 1.66 bits per heavy atom. The van der Waals surface area contributed by atoms with Crippen LogP contribution in [0.1, 0.15) is 48.5 Å². The molecule has 0 amide bonds. The number of allylic oxidation sites excluding steroid dienone is 3. The number of carbonyl (C=O) groups excluding carboxylic acids is 1. The van der Waals surface area contributed by atoms with Crippen LogP contribution in [0.5, 0.6) is 0 Å². The van der Waals surface area contributed by atoms with Gasteiger partial charge in [0.25, 0.3) is 0 Å². The predicted molar refractivity (Wildman–Crippen MR) is 106 cm³/mol. The minimum atomic E-state index is -1.22. The molecule has 0 aliphatic heterocycles. The second-order valence-corrected chi connectivity index (χ2v) is 7.52. The Morgan fingerprint density at radius 1 is 0.793 bits per heavy atom. The quantitative estimate of drug-likeness (QED) is 0.316. The summed E-state index contributed by atoms with van der Waals surface area (Å²) in [6.45, 7) is 10.4. The summed E-state index contributed by atoms with van der Waals surface area (Å²) in [6, 6.07) is 0. The van der Waals surface area contributed by atoms with Gasteiger partial charge in [-0.25, -0.2) is 19.2 Å². The van der Waals surface area contributed by atoms with Crippen molar-refractivity contribution >= 4 is 23.9 Å². The fourth-order valence-corrected chi connectivity index (χ4v) is 2.47. The third-order valence-electron chi connectivity index (χ3n) is 4.06. The van der Waals surface area contributed by atoms with Crippen LogP contribution in [-0.2, 0) is 23.9 Å². The maximum Gasteiger partial charge on any atom is 0.334 e. The lowest BCUT2D eigenvalue weighted by atomic mass is 9.77. The molecule has 0 aromatic heterocycles. The minimum absolute atomic E-state index is 0.00160. The SMILES string of the molecule is CC(=CCOC(=O)C(C)=C(C=C(C)C(=O)O)C(=C(C)C(=O)O)C(C)(C)C)C(=O)O. The maximum atomic E-state index is 12.5. The average molecular weight is 408 g/mol. The van der Waals surface area contributed by atoms with Gasteiger partial charge in [0.2, 0.25) is 0 Å². The Hall–Kier alpha value is -3.16. The van der Waals surface area contributed by atoms with Crippen LogP contribution in [0.3, 0.4) is 0 Å². The highest BCUT2D eigenvalue weighted by Crippen LogP contribution is 2.37. The largest absolute Gasteiger partial charge is 0.478 e. The molecule has 0 spiro atoms. The normalized spacial score (nSPS) is 14.6. The van der Waals surface area contributed by atoms with E-state index >= 15 is 0 Å². The van der Waals surface area contributed by atoms with E-state index in [4.69, 9.17) is 9.84 Å². The number of carboxylic acid groups (broad SMARTS) is 3. The highest BCUT2D eigenvalue weighted by Gasteiger charge is 2.28. The topological polar surface area (TPSA) is 138 Å². The molecule has 0 aliphatic carbocycles. The lowest BCUT2D eigenvalue weighted by molar-refractivity contribution is -0.138. The molecule has 160 valence electrons. The molecule has 0 unspecified atom stereocenters. The molecule has 29 heavy (non-hydrogen) atoms. The zero-order chi connectivity index (χ0) is 23.1. The second kappa shape index (κ2) is 10.4. The third kappa shape index (κ3) is 7.77. The van der Waals surface area contributed by atoms with Gasteiger partial charge in [-0.05, 0) is 56.4 Å². The summed E-state index contributed by atoms with van der Waals surface area (Å²) >= 11 is 0. The number of ether oxygens (including phenoxy) is 1. The van der Waals surface area contributed by atoms with Crippen LogP contribution in [-0.4, -0.2) is 45.8 Å². The monoisotopic (exact) mass is 408 g/mol. The molecule has 3 N–H and O–H groups in total. The second-order valence-electron chi connectivity index (χ2n) is 7.52. The van der Waals surface area contributed by atoms with Crippen LogP contribution < -0.4 is 0 Å². The number of rotatable bonds is 8. The van der Waals surface area contributed by atoms with Crippen LogP contribution in [0.2, 0.25) is 0 Å². The highest BCUT2D eigenvalue weighted by atomic mass is 16.5. The van der Waals surface area contributed by atoms with E-state index in [9.17, 15) is 29.4 Å². The molecule has 8 nitrogen and oxygen atoms in total. The van der Waals surface area contributed by atoms with Gasteiger partial charge in [-0.15, -0.1) is 0 Å². The van der Waals surface area contributed by atoms with Gasteiger partial charge in [0.05, 0.1) is 0 Å². The fraction of sp³-hybridized carbons (Fsp3) is 0.429. The van der Waals surface area contributed by atoms with Crippen molar-refractivity contribution in [3.05, 3.63) is 45.6 Å². The van der Waals surface area contributed by atoms with Gasteiger partial charge in [0.1, 0.15) is 6.61 Å². The Morgan fingerprint density at radius 2 is 1.28 bits per heavy atom. The number of hydrogen-bond acceptors (Lipinski definition) is 5. The molecule has 8 heteroatoms. The van der Waals surface area contributed by atoms with Crippen molar-refractivity contribution in [2.24, 2.45) is 5.41 Å². The molecule has 0 fully saturated rings. The van der Waals surface area contributed by atoms with E-state index in [1.807, 2.05) is 0 Å². The lowest BCUT2D eigenvalue weighted by Gasteiger charge is -2.27. The van der Waals surface area contributed by atoms with E-state index in [2.05, 4.69) is 0 Å². The molecule has 0 saturated heterocycles. The maximum absolute atomic E-state index is 12.5. The van der Waals surface area contributed by atoms with Crippen LogP contribution in [0.15, 0.2) is 45.6 Å². The van der Waals surface area contributed by atoms with Crippen molar-refractivity contribution in [1.82, 2.24) is 0 Å². The number of esters is 1. The number of carboxylic acids is 3. The molecule has 0 bridgehead atoms. The van der Waals surface area contributed by atoms with E-state index in [1.54, 1.807) is 20.8 Å². The van der Waals surface area contributed by atoms with Gasteiger partial charge in [0, 0.05) is 22.3 Å². The Balaban J connectivity index is 6.54. The minimum Gasteiger partial charge on any atom is -0.478 e. The molecule has 0 atom stereocenters. The van der Waals surface area contributed by atoms with Gasteiger partial charge in [-0.1, -0.05) is 20.8 Å². The highest BCUT2D eigenvalue weighted by molar-refractivity contribution is 5.95. The summed E-state index contributed by atoms with van der Waals surface area (Å²) in [6.07, 6.45) is 2.46. The third-order valence-corrected chi connectivity index (χ3v) is 4.06. The molecule has 0 rings (SSSR count). The van der Waals surface area contributed by atoms with Crippen molar-refractivity contribution in [2.45, 2.75) is 48.5 Å². The van der Waals surface area contributed by atoms with E-state index < -0.39 is 29.3 Å². The van der Waals surface area contributed by atoms with Gasteiger partial charge in [0.15, 0.2) is 0 Å². The van der Waals surface area contributed by atoms with E-state index in [-0.39, 0.29) is 40.0 Å². The average Bonchev–Trinajstić information content (AvgIpc) is 2.58. The van der Waals surface area contributed by atoms with E-state index in [0.717, 1.165) is 0 Å². The van der Waals surface area contributed by atoms with Crippen LogP contribution in [0, 0.1) is 5.41 Å². The van der Waals surface area contributed by atoms with Gasteiger partial charge in [-0.3, -0.25) is 0 Å². The first-order chi connectivity index (χ1) is 13.1. The number of hydrogen-bond donors (Lipinski definition) is 3. The van der Waals surface area contributed by atoms with E-state index in [1.165, 1.54) is 39.8 Å². The summed E-state index contributed by atoms with van der Waals surface area (Å²) in [5.41, 5.74) is -0.409. The first-order valence-electron chi connectivity index (χ1n) is 8.75. The van der Waals surface area contributed by atoms with Crippen LogP contribution in [0.4, 0.5) is 0 Å². The first kappa shape index (κ1) is 25.8. The lowest BCUT2D eigenvalue weighted by Crippen LogP contribution is -2.20. The van der Waals surface area contributed by atoms with Crippen molar-refractivity contribution in [3.63, 3.8) is 0 Å². The molecule has 0 aromatic rings. The van der Waals surface area contributed by atoms with E-state index in [0.29, 0.717) is 0 Å². The fourth-order valence-electron chi connectivity index (χ4n) is 2.47. The molecular weight excluding hydrogens is 380 g/mol. The summed E-state index contributed by atoms with van der Waals surface area (Å²) in [5.74, 6) is -4.38. The summed E-state index contributed by atoms with van der Waals surface area (Å²) in [4.78, 5) is 46.2. The molecular formula is C21H28O8. The van der Waals surface area contributed by atoms with Gasteiger partial charge < -0.3 is 20.1 Å². The Kier molecular flexibility index (Phi) is 9.27. The van der Waals surface area contributed by atoms with Crippen molar-refractivity contribution < 1.29 is 39.2 Å². The number of carbonyl (C=O) groups is 4. The van der Waals surface area contributed by atoms with Crippen molar-refractivity contribution in [3.8, 4) is 0 Å². The Labute approximate surface area is 169 Å². The van der Waals surface area contributed by atoms with Gasteiger partial charge in [-0.2, -0.15) is 0 Å². The summed E-state index contributed by atoms with van der Waals surface area (Å²) in [7, 11) is 0. The Bertz CT molecular complexity index is 829. The molecule has 0 aliphatic rings. The van der Waals surface area contributed by atoms with Crippen LogP contribution in [0.25, 0.3) is 0 Å².